The zero-order chi connectivity index (χ0) is 9.97. The molecule has 1 atom stereocenters. The van der Waals surface area contributed by atoms with Crippen LogP contribution in [0, 0.1) is 2.88 Å². The Bertz CT molecular complexity index is 329. The van der Waals surface area contributed by atoms with E-state index >= 15 is 0 Å². The fourth-order valence-electron chi connectivity index (χ4n) is 1.57. The molecule has 0 amide bonds. The fraction of sp³-hybridized carbons (Fsp3) is 0.500. The molecule has 1 fully saturated rings. The van der Waals surface area contributed by atoms with E-state index in [9.17, 15) is 4.79 Å². The quantitative estimate of drug-likeness (QED) is 0.602. The number of hydrogen-bond donors (Lipinski definition) is 0. The number of Topliss-reactive ketones (excluding diaryl/α,β-unsaturated/α-hetero) is 1. The van der Waals surface area contributed by atoms with Gasteiger partial charge in [-0.1, -0.05) is 6.42 Å². The molecule has 1 unspecified atom stereocenters. The number of carbonyl (C=O) groups is 1. The second-order valence-corrected chi connectivity index (χ2v) is 7.47. The third-order valence-electron chi connectivity index (χ3n) is 2.32. The summed E-state index contributed by atoms with van der Waals surface area (Å²) in [5, 5.41) is 2.22. The van der Waals surface area contributed by atoms with Crippen molar-refractivity contribution in [3.8, 4) is 0 Å². The smallest absolute Gasteiger partial charge is 0.176 e. The summed E-state index contributed by atoms with van der Waals surface area (Å²) >= 11 is 5.75. The Hall–Kier alpha value is 0.450. The van der Waals surface area contributed by atoms with Crippen molar-refractivity contribution in [2.75, 3.05) is 5.75 Å². The van der Waals surface area contributed by atoms with E-state index < -0.39 is 0 Å². The topological polar surface area (TPSA) is 17.1 Å². The van der Waals surface area contributed by atoms with Crippen LogP contribution in [0.4, 0.5) is 0 Å². The normalized spacial score (nSPS) is 22.2. The molecule has 2 heterocycles. The molecule has 14 heavy (non-hydrogen) atoms. The van der Waals surface area contributed by atoms with E-state index in [0.717, 1.165) is 17.7 Å². The molecule has 1 nitrogen and oxygen atoms in total. The predicted octanol–water partition coefficient (Wildman–Crippen LogP) is 3.82. The first-order valence-electron chi connectivity index (χ1n) is 4.67. The van der Waals surface area contributed by atoms with Gasteiger partial charge in [-0.25, -0.2) is 0 Å². The molecule has 4 heteroatoms. The Balaban J connectivity index is 2.07. The van der Waals surface area contributed by atoms with Crippen LogP contribution in [0.5, 0.6) is 0 Å². The van der Waals surface area contributed by atoms with Crippen LogP contribution in [0.3, 0.4) is 0 Å². The molecule has 1 aliphatic heterocycles. The van der Waals surface area contributed by atoms with Crippen LogP contribution in [-0.4, -0.2) is 16.8 Å². The maximum atomic E-state index is 12.0. The molecule has 1 aromatic rings. The minimum atomic E-state index is 0.231. The standard InChI is InChI=1S/C10H11IOS2/c11-9-5-7(6-14-9)10(12)8-3-1-2-4-13-8/h5-6,8H,1-4H2. The number of carbonyl (C=O) groups excluding carboxylic acids is 1. The lowest BCUT2D eigenvalue weighted by atomic mass is 10.1. The SMILES string of the molecule is O=C(c1csc(I)c1)C1CCCCS1. The summed E-state index contributed by atoms with van der Waals surface area (Å²) in [5.41, 5.74) is 0.916. The van der Waals surface area contributed by atoms with E-state index in [1.54, 1.807) is 11.3 Å². The second kappa shape index (κ2) is 4.99. The lowest BCUT2D eigenvalue weighted by Crippen LogP contribution is -2.20. The average Bonchev–Trinajstić information content (AvgIpc) is 2.65. The predicted molar refractivity (Wildman–Crippen MR) is 71.5 cm³/mol. The van der Waals surface area contributed by atoms with Crippen molar-refractivity contribution < 1.29 is 4.79 Å². The van der Waals surface area contributed by atoms with Crippen LogP contribution in [0.1, 0.15) is 29.6 Å². The van der Waals surface area contributed by atoms with Gasteiger partial charge in [-0.2, -0.15) is 11.8 Å². The van der Waals surface area contributed by atoms with Crippen LogP contribution in [0.2, 0.25) is 0 Å². The zero-order valence-electron chi connectivity index (χ0n) is 7.66. The number of thioether (sulfide) groups is 1. The van der Waals surface area contributed by atoms with Crippen molar-refractivity contribution in [1.29, 1.82) is 0 Å². The van der Waals surface area contributed by atoms with Gasteiger partial charge in [-0.05, 0) is 47.3 Å². The molecule has 0 saturated carbocycles. The monoisotopic (exact) mass is 338 g/mol. The summed E-state index contributed by atoms with van der Waals surface area (Å²) in [4.78, 5) is 12.0. The van der Waals surface area contributed by atoms with Crippen molar-refractivity contribution >= 4 is 51.5 Å². The molecular formula is C10H11IOS2. The molecule has 0 radical (unpaired) electrons. The van der Waals surface area contributed by atoms with E-state index in [1.807, 2.05) is 23.2 Å². The molecule has 2 rings (SSSR count). The van der Waals surface area contributed by atoms with Gasteiger partial charge >= 0.3 is 0 Å². The van der Waals surface area contributed by atoms with Crippen LogP contribution in [-0.2, 0) is 0 Å². The van der Waals surface area contributed by atoms with E-state index in [1.165, 1.54) is 15.7 Å². The van der Waals surface area contributed by atoms with E-state index in [4.69, 9.17) is 0 Å². The summed E-state index contributed by atoms with van der Waals surface area (Å²) in [6, 6.07) is 2.00. The Morgan fingerprint density at radius 2 is 2.36 bits per heavy atom. The summed E-state index contributed by atoms with van der Waals surface area (Å²) in [7, 11) is 0. The van der Waals surface area contributed by atoms with Gasteiger partial charge in [0.05, 0.1) is 8.13 Å². The lowest BCUT2D eigenvalue weighted by molar-refractivity contribution is 0.0985. The molecule has 76 valence electrons. The van der Waals surface area contributed by atoms with Gasteiger partial charge in [0.1, 0.15) is 0 Å². The number of hydrogen-bond acceptors (Lipinski definition) is 3. The highest BCUT2D eigenvalue weighted by atomic mass is 127. The van der Waals surface area contributed by atoms with Crippen molar-refractivity contribution in [2.24, 2.45) is 0 Å². The highest BCUT2D eigenvalue weighted by Crippen LogP contribution is 2.29. The van der Waals surface area contributed by atoms with Gasteiger partial charge in [-0.3, -0.25) is 4.79 Å². The number of thiophene rings is 1. The van der Waals surface area contributed by atoms with Crippen LogP contribution < -0.4 is 0 Å². The van der Waals surface area contributed by atoms with Gasteiger partial charge in [0.2, 0.25) is 0 Å². The van der Waals surface area contributed by atoms with Crippen molar-refractivity contribution in [3.05, 3.63) is 19.9 Å². The van der Waals surface area contributed by atoms with E-state index in [2.05, 4.69) is 22.6 Å². The average molecular weight is 338 g/mol. The van der Waals surface area contributed by atoms with Crippen LogP contribution >= 0.6 is 45.7 Å². The Labute approximate surface area is 106 Å². The largest absolute Gasteiger partial charge is 0.293 e. The fourth-order valence-corrected chi connectivity index (χ4v) is 4.18. The van der Waals surface area contributed by atoms with Crippen LogP contribution in [0.25, 0.3) is 0 Å². The Morgan fingerprint density at radius 3 is 2.93 bits per heavy atom. The van der Waals surface area contributed by atoms with E-state index in [0.29, 0.717) is 5.78 Å². The molecule has 1 aromatic heterocycles. The molecule has 0 spiro atoms. The second-order valence-electron chi connectivity index (χ2n) is 3.36. The first-order valence-corrected chi connectivity index (χ1v) is 7.68. The minimum Gasteiger partial charge on any atom is -0.293 e. The number of rotatable bonds is 2. The van der Waals surface area contributed by atoms with Gasteiger partial charge in [0, 0.05) is 10.9 Å². The molecule has 0 N–H and O–H groups in total. The Morgan fingerprint density at radius 1 is 1.50 bits per heavy atom. The summed E-state index contributed by atoms with van der Waals surface area (Å²) in [6.45, 7) is 0. The lowest BCUT2D eigenvalue weighted by Gasteiger charge is -2.19. The van der Waals surface area contributed by atoms with Gasteiger partial charge < -0.3 is 0 Å². The van der Waals surface area contributed by atoms with Gasteiger partial charge in [0.25, 0.3) is 0 Å². The summed E-state index contributed by atoms with van der Waals surface area (Å²) in [5.74, 6) is 1.49. The maximum Gasteiger partial charge on any atom is 0.176 e. The van der Waals surface area contributed by atoms with Crippen LogP contribution in [0.15, 0.2) is 11.4 Å². The third kappa shape index (κ3) is 2.52. The van der Waals surface area contributed by atoms with Crippen molar-refractivity contribution in [3.63, 3.8) is 0 Å². The van der Waals surface area contributed by atoms with Gasteiger partial charge in [-0.15, -0.1) is 11.3 Å². The van der Waals surface area contributed by atoms with Gasteiger partial charge in [0.15, 0.2) is 5.78 Å². The molecule has 0 aliphatic carbocycles. The first-order chi connectivity index (χ1) is 6.77. The zero-order valence-corrected chi connectivity index (χ0v) is 11.5. The molecular weight excluding hydrogens is 327 g/mol. The number of ketones is 1. The van der Waals surface area contributed by atoms with Crippen molar-refractivity contribution in [2.45, 2.75) is 24.5 Å². The summed E-state index contributed by atoms with van der Waals surface area (Å²) < 4.78 is 1.20. The van der Waals surface area contributed by atoms with Crippen molar-refractivity contribution in [1.82, 2.24) is 0 Å². The highest BCUT2D eigenvalue weighted by Gasteiger charge is 2.23. The minimum absolute atomic E-state index is 0.231. The molecule has 1 aliphatic rings. The molecule has 1 saturated heterocycles. The molecule has 0 aromatic carbocycles. The third-order valence-corrected chi connectivity index (χ3v) is 5.49. The number of halogens is 1. The first kappa shape index (κ1) is 11.0. The molecule has 0 bridgehead atoms. The Kier molecular flexibility index (Phi) is 3.90. The maximum absolute atomic E-state index is 12.0. The van der Waals surface area contributed by atoms with E-state index in [-0.39, 0.29) is 5.25 Å². The highest BCUT2D eigenvalue weighted by molar-refractivity contribution is 14.1. The summed E-state index contributed by atoms with van der Waals surface area (Å²) in [6.07, 6.45) is 3.55.